The van der Waals surface area contributed by atoms with Crippen LogP contribution in [0, 0.1) is 0 Å². The number of pyridine rings is 1. The Morgan fingerprint density at radius 2 is 1.81 bits per heavy atom. The number of allylic oxidation sites excluding steroid dienone is 2. The van der Waals surface area contributed by atoms with Crippen molar-refractivity contribution in [3.63, 3.8) is 0 Å². The fraction of sp³-hybridized carbons (Fsp3) is 0.364. The molecule has 0 bridgehead atoms. The van der Waals surface area contributed by atoms with Crippen molar-refractivity contribution in [1.29, 1.82) is 0 Å². The van der Waals surface area contributed by atoms with Crippen LogP contribution in [-0.2, 0) is 0 Å². The van der Waals surface area contributed by atoms with E-state index in [1.165, 1.54) is 12.3 Å². The molecule has 1 heterocycles. The van der Waals surface area contributed by atoms with Crippen molar-refractivity contribution in [1.82, 2.24) is 4.98 Å². The summed E-state index contributed by atoms with van der Waals surface area (Å²) >= 11 is 0. The summed E-state index contributed by atoms with van der Waals surface area (Å²) in [7, 11) is 0. The Hall–Kier alpha value is -1.39. The second kappa shape index (κ2) is 3.57. The van der Waals surface area contributed by atoms with Crippen LogP contribution < -0.4 is 0 Å². The van der Waals surface area contributed by atoms with E-state index in [9.17, 15) is 17.6 Å². The summed E-state index contributed by atoms with van der Waals surface area (Å²) in [6.45, 7) is 0. The molecule has 0 radical (unpaired) electrons. The maximum Gasteiger partial charge on any atom is 0.314 e. The van der Waals surface area contributed by atoms with Crippen LogP contribution in [0.5, 0.6) is 0 Å². The topological polar surface area (TPSA) is 12.9 Å². The third kappa shape index (κ3) is 1.81. The Kier molecular flexibility index (Phi) is 2.48. The van der Waals surface area contributed by atoms with Gasteiger partial charge in [0.2, 0.25) is 0 Å². The summed E-state index contributed by atoms with van der Waals surface area (Å²) in [6, 6.07) is 4.80. The van der Waals surface area contributed by atoms with Crippen molar-refractivity contribution in [3.8, 4) is 0 Å². The molecule has 0 N–H and O–H groups in total. The van der Waals surface area contributed by atoms with Crippen LogP contribution in [0.1, 0.15) is 18.5 Å². The molecule has 2 rings (SSSR count). The fourth-order valence-electron chi connectivity index (χ4n) is 1.59. The first-order valence-corrected chi connectivity index (χ1v) is 4.78. The zero-order valence-corrected chi connectivity index (χ0v) is 8.26. The molecule has 16 heavy (non-hydrogen) atoms. The summed E-state index contributed by atoms with van der Waals surface area (Å²) in [6.07, 6.45) is 0.684. The minimum absolute atomic E-state index is 0.177. The van der Waals surface area contributed by atoms with Crippen LogP contribution in [0.2, 0.25) is 0 Å². The van der Waals surface area contributed by atoms with Crippen LogP contribution in [0.4, 0.5) is 17.6 Å². The Morgan fingerprint density at radius 3 is 2.38 bits per heavy atom. The fourth-order valence-corrected chi connectivity index (χ4v) is 1.59. The summed E-state index contributed by atoms with van der Waals surface area (Å²) < 4.78 is 51.9. The summed E-state index contributed by atoms with van der Waals surface area (Å²) in [5, 5.41) is 0. The highest BCUT2D eigenvalue weighted by molar-refractivity contribution is 5.64. The first-order chi connectivity index (χ1) is 7.42. The molecular weight excluding hydrogens is 222 g/mol. The second-order valence-electron chi connectivity index (χ2n) is 3.73. The molecule has 5 heteroatoms. The Morgan fingerprint density at radius 1 is 1.06 bits per heavy atom. The van der Waals surface area contributed by atoms with E-state index in [-0.39, 0.29) is 5.57 Å². The maximum atomic E-state index is 13.1. The quantitative estimate of drug-likeness (QED) is 0.674. The molecule has 0 fully saturated rings. The molecular formula is C11H9F4N. The number of aromatic nitrogens is 1. The third-order valence-corrected chi connectivity index (χ3v) is 2.55. The van der Waals surface area contributed by atoms with Crippen molar-refractivity contribution >= 4 is 5.57 Å². The normalized spacial score (nSPS) is 22.6. The maximum absolute atomic E-state index is 13.1. The lowest BCUT2D eigenvalue weighted by molar-refractivity contribution is -0.206. The highest BCUT2D eigenvalue weighted by Crippen LogP contribution is 2.46. The van der Waals surface area contributed by atoms with Gasteiger partial charge < -0.3 is 0 Å². The van der Waals surface area contributed by atoms with E-state index in [0.717, 1.165) is 6.08 Å². The van der Waals surface area contributed by atoms with Crippen LogP contribution in [0.15, 0.2) is 30.5 Å². The van der Waals surface area contributed by atoms with Gasteiger partial charge in [0.1, 0.15) is 0 Å². The minimum Gasteiger partial charge on any atom is -0.257 e. The summed E-state index contributed by atoms with van der Waals surface area (Å²) in [5.41, 5.74) is 0.509. The molecule has 1 aromatic heterocycles. The number of hydrogen-bond donors (Lipinski definition) is 0. The number of rotatable bonds is 1. The van der Waals surface area contributed by atoms with Gasteiger partial charge in [0.25, 0.3) is 0 Å². The molecule has 1 aliphatic carbocycles. The number of alkyl halides is 4. The third-order valence-electron chi connectivity index (χ3n) is 2.55. The zero-order chi connectivity index (χ0) is 11.8. The van der Waals surface area contributed by atoms with E-state index in [4.69, 9.17) is 0 Å². The van der Waals surface area contributed by atoms with E-state index >= 15 is 0 Å². The molecule has 86 valence electrons. The molecule has 0 atom stereocenters. The summed E-state index contributed by atoms with van der Waals surface area (Å²) in [4.78, 5) is 3.87. The van der Waals surface area contributed by atoms with Crippen LogP contribution in [0.3, 0.4) is 0 Å². The monoisotopic (exact) mass is 231 g/mol. The first kappa shape index (κ1) is 11.1. The van der Waals surface area contributed by atoms with Crippen molar-refractivity contribution in [2.24, 2.45) is 0 Å². The smallest absolute Gasteiger partial charge is 0.257 e. The average Bonchev–Trinajstić information content (AvgIpc) is 2.23. The van der Waals surface area contributed by atoms with Gasteiger partial charge in [-0.2, -0.15) is 17.6 Å². The van der Waals surface area contributed by atoms with Gasteiger partial charge in [0.15, 0.2) is 0 Å². The SMILES string of the molecule is FC1(F)CC=C(c2ccccn2)CC1(F)F. The number of halogens is 4. The predicted molar refractivity (Wildman–Crippen MR) is 51.3 cm³/mol. The lowest BCUT2D eigenvalue weighted by Crippen LogP contribution is -2.42. The molecule has 0 saturated carbocycles. The molecule has 1 aromatic rings. The highest BCUT2D eigenvalue weighted by Gasteiger charge is 2.57. The van der Waals surface area contributed by atoms with E-state index < -0.39 is 24.7 Å². The Bertz CT molecular complexity index is 411. The molecule has 1 aliphatic rings. The van der Waals surface area contributed by atoms with E-state index in [1.807, 2.05) is 0 Å². The van der Waals surface area contributed by atoms with Crippen molar-refractivity contribution < 1.29 is 17.6 Å². The van der Waals surface area contributed by atoms with Gasteiger partial charge in [0.05, 0.1) is 5.69 Å². The molecule has 0 saturated heterocycles. The van der Waals surface area contributed by atoms with Crippen LogP contribution >= 0.6 is 0 Å². The van der Waals surface area contributed by atoms with Gasteiger partial charge in [-0.15, -0.1) is 0 Å². The molecule has 0 unspecified atom stereocenters. The van der Waals surface area contributed by atoms with E-state index in [0.29, 0.717) is 5.69 Å². The van der Waals surface area contributed by atoms with Gasteiger partial charge >= 0.3 is 11.8 Å². The zero-order valence-electron chi connectivity index (χ0n) is 8.26. The van der Waals surface area contributed by atoms with E-state index in [1.54, 1.807) is 12.1 Å². The van der Waals surface area contributed by atoms with Crippen molar-refractivity contribution in [3.05, 3.63) is 36.2 Å². The van der Waals surface area contributed by atoms with Gasteiger partial charge in [-0.25, -0.2) is 0 Å². The lowest BCUT2D eigenvalue weighted by Gasteiger charge is -2.30. The molecule has 0 aliphatic heterocycles. The van der Waals surface area contributed by atoms with E-state index in [2.05, 4.69) is 4.98 Å². The molecule has 1 nitrogen and oxygen atoms in total. The largest absolute Gasteiger partial charge is 0.314 e. The number of nitrogens with zero attached hydrogens (tertiary/aromatic N) is 1. The average molecular weight is 231 g/mol. The minimum atomic E-state index is -3.99. The molecule has 0 spiro atoms. The molecule has 0 amide bonds. The Labute approximate surface area is 89.8 Å². The van der Waals surface area contributed by atoms with Gasteiger partial charge in [-0.1, -0.05) is 12.1 Å². The lowest BCUT2D eigenvalue weighted by atomic mass is 9.90. The second-order valence-corrected chi connectivity index (χ2v) is 3.73. The molecule has 0 aromatic carbocycles. The van der Waals surface area contributed by atoms with Crippen molar-refractivity contribution in [2.45, 2.75) is 24.7 Å². The highest BCUT2D eigenvalue weighted by atomic mass is 19.3. The van der Waals surface area contributed by atoms with Gasteiger partial charge in [-0.3, -0.25) is 4.98 Å². The van der Waals surface area contributed by atoms with Crippen LogP contribution in [-0.4, -0.2) is 16.8 Å². The van der Waals surface area contributed by atoms with Gasteiger partial charge in [-0.05, 0) is 17.7 Å². The number of hydrogen-bond acceptors (Lipinski definition) is 1. The van der Waals surface area contributed by atoms with Gasteiger partial charge in [0, 0.05) is 19.0 Å². The first-order valence-electron chi connectivity index (χ1n) is 4.78. The summed E-state index contributed by atoms with van der Waals surface area (Å²) in [5.74, 6) is -7.94. The standard InChI is InChI=1S/C11H9F4N/c12-10(13)5-4-8(7-11(10,14)15)9-3-1-2-6-16-9/h1-4,6H,5,7H2. The van der Waals surface area contributed by atoms with Crippen molar-refractivity contribution in [2.75, 3.05) is 0 Å². The predicted octanol–water partition coefficient (Wildman–Crippen LogP) is 3.53. The Balaban J connectivity index is 2.32. The van der Waals surface area contributed by atoms with Crippen LogP contribution in [0.25, 0.3) is 5.57 Å².